The first-order chi connectivity index (χ1) is 8.92. The van der Waals surface area contributed by atoms with Gasteiger partial charge in [-0.3, -0.25) is 0 Å². The fourth-order valence-electron chi connectivity index (χ4n) is 1.68. The SMILES string of the molecule is CSCC(C)N(C)c1c(F)cc(C(N)=NO)cc1F. The molecule has 0 radical (unpaired) electrons. The summed E-state index contributed by atoms with van der Waals surface area (Å²) < 4.78 is 28.0. The summed E-state index contributed by atoms with van der Waals surface area (Å²) in [7, 11) is 1.63. The largest absolute Gasteiger partial charge is 0.409 e. The molecule has 0 spiro atoms. The van der Waals surface area contributed by atoms with Crippen LogP contribution in [0.15, 0.2) is 17.3 Å². The Morgan fingerprint density at radius 2 is 2.00 bits per heavy atom. The standard InChI is InChI=1S/C12H17F2N3OS/c1-7(6-19-3)17(2)11-9(13)4-8(5-10(11)14)12(15)16-18/h4-5,7,18H,6H2,1-3H3,(H2,15,16). The second-order valence-electron chi connectivity index (χ2n) is 4.19. The third-order valence-electron chi connectivity index (χ3n) is 2.84. The van der Waals surface area contributed by atoms with Crippen LogP contribution in [0.5, 0.6) is 0 Å². The minimum Gasteiger partial charge on any atom is -0.409 e. The Bertz CT molecular complexity index is 459. The van der Waals surface area contributed by atoms with Crippen LogP contribution in [0.1, 0.15) is 12.5 Å². The van der Waals surface area contributed by atoms with Gasteiger partial charge in [0, 0.05) is 24.4 Å². The molecular formula is C12H17F2N3OS. The number of amidine groups is 1. The van der Waals surface area contributed by atoms with Gasteiger partial charge in [0.15, 0.2) is 5.84 Å². The van der Waals surface area contributed by atoms with E-state index in [0.29, 0.717) is 0 Å². The summed E-state index contributed by atoms with van der Waals surface area (Å²) in [6.45, 7) is 1.88. The molecule has 1 rings (SSSR count). The van der Waals surface area contributed by atoms with E-state index in [4.69, 9.17) is 10.9 Å². The molecule has 4 nitrogen and oxygen atoms in total. The average molecular weight is 289 g/mol. The molecule has 1 aromatic rings. The van der Waals surface area contributed by atoms with Gasteiger partial charge in [-0.15, -0.1) is 0 Å². The first-order valence-electron chi connectivity index (χ1n) is 5.61. The number of oxime groups is 1. The smallest absolute Gasteiger partial charge is 0.170 e. The first-order valence-corrected chi connectivity index (χ1v) is 7.00. The molecule has 0 aliphatic carbocycles. The third-order valence-corrected chi connectivity index (χ3v) is 3.66. The fourth-order valence-corrected chi connectivity index (χ4v) is 2.39. The van der Waals surface area contributed by atoms with Gasteiger partial charge in [0.05, 0.1) is 0 Å². The van der Waals surface area contributed by atoms with Crippen molar-refractivity contribution in [2.24, 2.45) is 10.9 Å². The topological polar surface area (TPSA) is 61.8 Å². The minimum atomic E-state index is -0.739. The van der Waals surface area contributed by atoms with Gasteiger partial charge in [0.1, 0.15) is 17.3 Å². The van der Waals surface area contributed by atoms with E-state index in [1.165, 1.54) is 4.90 Å². The van der Waals surface area contributed by atoms with Crippen LogP contribution < -0.4 is 10.6 Å². The first kappa shape index (κ1) is 15.6. The zero-order valence-electron chi connectivity index (χ0n) is 11.0. The van der Waals surface area contributed by atoms with E-state index >= 15 is 0 Å². The summed E-state index contributed by atoms with van der Waals surface area (Å²) >= 11 is 1.60. The molecule has 0 heterocycles. The summed E-state index contributed by atoms with van der Waals surface area (Å²) in [6, 6.07) is 2.08. The Morgan fingerprint density at radius 1 is 1.47 bits per heavy atom. The molecule has 19 heavy (non-hydrogen) atoms. The predicted molar refractivity (Wildman–Crippen MR) is 75.1 cm³/mol. The van der Waals surface area contributed by atoms with Crippen molar-refractivity contribution in [1.29, 1.82) is 0 Å². The van der Waals surface area contributed by atoms with Gasteiger partial charge in [0.25, 0.3) is 0 Å². The number of hydrogen-bond donors (Lipinski definition) is 2. The lowest BCUT2D eigenvalue weighted by molar-refractivity contribution is 0.318. The minimum absolute atomic E-state index is 0.00664. The van der Waals surface area contributed by atoms with E-state index in [-0.39, 0.29) is 23.1 Å². The molecule has 106 valence electrons. The zero-order chi connectivity index (χ0) is 14.6. The summed E-state index contributed by atoms with van der Waals surface area (Å²) in [5, 5.41) is 11.2. The molecule has 1 atom stereocenters. The lowest BCUT2D eigenvalue weighted by Gasteiger charge is -2.27. The molecule has 1 unspecified atom stereocenters. The molecule has 1 aromatic carbocycles. The van der Waals surface area contributed by atoms with Gasteiger partial charge in [-0.25, -0.2) is 8.78 Å². The van der Waals surface area contributed by atoms with Crippen molar-refractivity contribution >= 4 is 23.3 Å². The highest BCUT2D eigenvalue weighted by Gasteiger charge is 2.20. The lowest BCUT2D eigenvalue weighted by Crippen LogP contribution is -2.32. The Kier molecular flexibility index (Phi) is 5.41. The van der Waals surface area contributed by atoms with Crippen molar-refractivity contribution < 1.29 is 14.0 Å². The zero-order valence-corrected chi connectivity index (χ0v) is 11.8. The Morgan fingerprint density at radius 3 is 2.42 bits per heavy atom. The maximum atomic E-state index is 14.0. The number of anilines is 1. The average Bonchev–Trinajstić information content (AvgIpc) is 2.36. The summed E-state index contributed by atoms with van der Waals surface area (Å²) in [5.41, 5.74) is 5.21. The van der Waals surface area contributed by atoms with Crippen LogP contribution in [0.4, 0.5) is 14.5 Å². The van der Waals surface area contributed by atoms with Crippen LogP contribution in [0.2, 0.25) is 0 Å². The number of nitrogens with two attached hydrogens (primary N) is 1. The highest BCUT2D eigenvalue weighted by molar-refractivity contribution is 7.98. The normalized spacial score (nSPS) is 13.4. The van der Waals surface area contributed by atoms with E-state index in [0.717, 1.165) is 17.9 Å². The highest BCUT2D eigenvalue weighted by atomic mass is 32.2. The second kappa shape index (κ2) is 6.60. The second-order valence-corrected chi connectivity index (χ2v) is 5.10. The van der Waals surface area contributed by atoms with Crippen LogP contribution >= 0.6 is 11.8 Å². The number of thioether (sulfide) groups is 1. The quantitative estimate of drug-likeness (QED) is 0.378. The molecule has 0 aliphatic rings. The third kappa shape index (κ3) is 3.50. The van der Waals surface area contributed by atoms with Crippen LogP contribution in [0.3, 0.4) is 0 Å². The number of nitrogens with zero attached hydrogens (tertiary/aromatic N) is 2. The highest BCUT2D eigenvalue weighted by Crippen LogP contribution is 2.26. The van der Waals surface area contributed by atoms with Crippen molar-refractivity contribution in [2.75, 3.05) is 24.0 Å². The molecule has 0 bridgehead atoms. The van der Waals surface area contributed by atoms with Gasteiger partial charge in [0.2, 0.25) is 0 Å². The Balaban J connectivity index is 3.17. The van der Waals surface area contributed by atoms with E-state index in [1.807, 2.05) is 13.2 Å². The van der Waals surface area contributed by atoms with Gasteiger partial charge >= 0.3 is 0 Å². The fraction of sp³-hybridized carbons (Fsp3) is 0.417. The van der Waals surface area contributed by atoms with Gasteiger partial charge in [-0.05, 0) is 25.3 Å². The lowest BCUT2D eigenvalue weighted by atomic mass is 10.1. The molecular weight excluding hydrogens is 272 g/mol. The summed E-state index contributed by atoms with van der Waals surface area (Å²) in [4.78, 5) is 1.54. The van der Waals surface area contributed by atoms with E-state index < -0.39 is 11.6 Å². The Hall–Kier alpha value is -1.50. The van der Waals surface area contributed by atoms with Crippen LogP contribution in [-0.2, 0) is 0 Å². The molecule has 0 aromatic heterocycles. The number of hydrogen-bond acceptors (Lipinski definition) is 4. The summed E-state index contributed by atoms with van der Waals surface area (Å²) in [5.74, 6) is -1.06. The van der Waals surface area contributed by atoms with E-state index in [2.05, 4.69) is 5.16 Å². The number of benzene rings is 1. The van der Waals surface area contributed by atoms with Crippen LogP contribution in [0, 0.1) is 11.6 Å². The van der Waals surface area contributed by atoms with Crippen molar-refractivity contribution in [3.05, 3.63) is 29.3 Å². The van der Waals surface area contributed by atoms with Crippen LogP contribution in [-0.4, -0.2) is 36.1 Å². The van der Waals surface area contributed by atoms with Gasteiger partial charge in [-0.2, -0.15) is 11.8 Å². The molecule has 3 N–H and O–H groups in total. The van der Waals surface area contributed by atoms with Crippen molar-refractivity contribution in [2.45, 2.75) is 13.0 Å². The van der Waals surface area contributed by atoms with Crippen molar-refractivity contribution in [3.63, 3.8) is 0 Å². The molecule has 0 fully saturated rings. The van der Waals surface area contributed by atoms with E-state index in [9.17, 15) is 8.78 Å². The van der Waals surface area contributed by atoms with Crippen molar-refractivity contribution in [1.82, 2.24) is 0 Å². The van der Waals surface area contributed by atoms with Gasteiger partial charge in [-0.1, -0.05) is 5.16 Å². The van der Waals surface area contributed by atoms with E-state index in [1.54, 1.807) is 18.8 Å². The number of rotatable bonds is 5. The Labute approximate surface area is 115 Å². The van der Waals surface area contributed by atoms with Crippen LogP contribution in [0.25, 0.3) is 0 Å². The van der Waals surface area contributed by atoms with Gasteiger partial charge < -0.3 is 15.8 Å². The molecule has 0 saturated heterocycles. The predicted octanol–water partition coefficient (Wildman–Crippen LogP) is 2.25. The monoisotopic (exact) mass is 289 g/mol. The molecule has 0 aliphatic heterocycles. The van der Waals surface area contributed by atoms with Crippen molar-refractivity contribution in [3.8, 4) is 0 Å². The molecule has 7 heteroatoms. The molecule has 0 amide bonds. The number of halogens is 2. The maximum absolute atomic E-state index is 14.0. The maximum Gasteiger partial charge on any atom is 0.170 e. The molecule has 0 saturated carbocycles. The summed E-state index contributed by atoms with van der Waals surface area (Å²) in [6.07, 6.45) is 1.93.